The van der Waals surface area contributed by atoms with Crippen LogP contribution in [-0.4, -0.2) is 29.1 Å². The van der Waals surface area contributed by atoms with Crippen molar-refractivity contribution >= 4 is 28.5 Å². The van der Waals surface area contributed by atoms with Gasteiger partial charge >= 0.3 is 0 Å². The topological polar surface area (TPSA) is 51.0 Å². The van der Waals surface area contributed by atoms with Crippen LogP contribution in [0.25, 0.3) is 0 Å². The maximum absolute atomic E-state index is 12.0. The number of amides is 1. The van der Waals surface area contributed by atoms with Crippen LogP contribution in [-0.2, 0) is 4.79 Å². The lowest BCUT2D eigenvalue weighted by Crippen LogP contribution is -2.26. The fraction of sp³-hybridized carbons (Fsp3) is 0.278. The lowest BCUT2D eigenvalue weighted by molar-refractivity contribution is -0.118. The molecule has 1 amide bonds. The Balaban J connectivity index is 1.52. The molecular weight excluding hydrogens is 308 g/mol. The molecule has 0 N–H and O–H groups in total. The third-order valence-electron chi connectivity index (χ3n) is 3.76. The number of carbonyl (C=O) groups excluding carboxylic acids is 1. The normalized spacial score (nSPS) is 19.2. The average molecular weight is 326 g/mol. The van der Waals surface area contributed by atoms with Crippen LogP contribution >= 0.6 is 11.8 Å². The number of allylic oxidation sites excluding steroid dienone is 3. The molecule has 23 heavy (non-hydrogen) atoms. The zero-order valence-corrected chi connectivity index (χ0v) is 14.0. The van der Waals surface area contributed by atoms with E-state index in [2.05, 4.69) is 29.9 Å². The first kappa shape index (κ1) is 15.7. The Bertz CT molecular complexity index is 747. The molecule has 0 fully saturated rings. The van der Waals surface area contributed by atoms with E-state index in [0.29, 0.717) is 17.5 Å². The third-order valence-corrected chi connectivity index (χ3v) is 4.57. The van der Waals surface area contributed by atoms with Crippen LogP contribution in [0.15, 0.2) is 52.5 Å². The van der Waals surface area contributed by atoms with Crippen LogP contribution in [0.3, 0.4) is 0 Å². The minimum Gasteiger partial charge on any atom is -0.493 e. The van der Waals surface area contributed by atoms with Crippen molar-refractivity contribution in [2.75, 3.05) is 12.4 Å². The maximum atomic E-state index is 12.0. The highest BCUT2D eigenvalue weighted by Gasteiger charge is 2.26. The number of rotatable bonds is 4. The first-order valence-electron chi connectivity index (χ1n) is 7.52. The number of hydrogen-bond donors (Lipinski definition) is 0. The van der Waals surface area contributed by atoms with Crippen LogP contribution in [0.2, 0.25) is 0 Å². The van der Waals surface area contributed by atoms with Gasteiger partial charge in [0.05, 0.1) is 12.3 Å². The molecule has 1 aromatic rings. The van der Waals surface area contributed by atoms with Gasteiger partial charge in [-0.05, 0) is 43.2 Å². The number of carbonyl (C=O) groups is 1. The number of hydrogen-bond acceptors (Lipinski definition) is 4. The van der Waals surface area contributed by atoms with Crippen molar-refractivity contribution in [3.8, 4) is 5.75 Å². The number of ether oxygens (including phenoxy) is 1. The van der Waals surface area contributed by atoms with Gasteiger partial charge in [-0.1, -0.05) is 36.1 Å². The van der Waals surface area contributed by atoms with Gasteiger partial charge in [-0.25, -0.2) is 4.99 Å². The van der Waals surface area contributed by atoms with Crippen LogP contribution in [0.1, 0.15) is 11.1 Å². The molecule has 118 valence electrons. The Labute approximate surface area is 140 Å². The Morgan fingerprint density at radius 3 is 2.87 bits per heavy atom. The molecule has 0 aromatic heterocycles. The molecule has 1 atom stereocenters. The van der Waals surface area contributed by atoms with Crippen molar-refractivity contribution in [3.63, 3.8) is 0 Å². The van der Waals surface area contributed by atoms with Gasteiger partial charge in [0.1, 0.15) is 11.7 Å². The lowest BCUT2D eigenvalue weighted by Gasteiger charge is -2.17. The summed E-state index contributed by atoms with van der Waals surface area (Å²) in [5, 5.41) is 0.518. The fourth-order valence-corrected chi connectivity index (χ4v) is 2.98. The number of aryl methyl sites for hydroxylation is 2. The number of amidine groups is 1. The van der Waals surface area contributed by atoms with E-state index in [9.17, 15) is 4.79 Å². The molecule has 1 unspecified atom stereocenters. The molecule has 2 aliphatic rings. The van der Waals surface area contributed by atoms with E-state index < -0.39 is 0 Å². The van der Waals surface area contributed by atoms with E-state index in [0.717, 1.165) is 11.5 Å². The van der Waals surface area contributed by atoms with E-state index >= 15 is 0 Å². The third kappa shape index (κ3) is 3.79. The van der Waals surface area contributed by atoms with Crippen molar-refractivity contribution in [2.24, 2.45) is 15.9 Å². The molecule has 4 nitrogen and oxygen atoms in total. The van der Waals surface area contributed by atoms with Crippen molar-refractivity contribution in [3.05, 3.63) is 53.6 Å². The summed E-state index contributed by atoms with van der Waals surface area (Å²) in [6, 6.07) is 6.06. The second-order valence-electron chi connectivity index (χ2n) is 5.43. The van der Waals surface area contributed by atoms with Gasteiger partial charge in [0, 0.05) is 5.75 Å². The lowest BCUT2D eigenvalue weighted by atomic mass is 9.97. The number of nitrogens with zero attached hydrogens (tertiary/aromatic N) is 2. The van der Waals surface area contributed by atoms with E-state index in [4.69, 9.17) is 4.74 Å². The van der Waals surface area contributed by atoms with Gasteiger partial charge in [0.25, 0.3) is 5.91 Å². The summed E-state index contributed by atoms with van der Waals surface area (Å²) in [5.74, 6) is 1.10. The molecule has 1 aliphatic carbocycles. The second-order valence-corrected chi connectivity index (χ2v) is 6.50. The van der Waals surface area contributed by atoms with Gasteiger partial charge in [-0.2, -0.15) is 4.99 Å². The molecule has 3 rings (SSSR count). The monoisotopic (exact) mass is 326 g/mol. The first-order chi connectivity index (χ1) is 11.1. The average Bonchev–Trinajstić information content (AvgIpc) is 2.55. The van der Waals surface area contributed by atoms with Crippen LogP contribution in [0.4, 0.5) is 0 Å². The molecule has 1 aliphatic heterocycles. The SMILES string of the molecule is Cc1ccc(OCCSC2=NC(=O)C3C=CC=CC3=N2)cc1C. The predicted molar refractivity (Wildman–Crippen MR) is 95.5 cm³/mol. The van der Waals surface area contributed by atoms with Crippen LogP contribution in [0, 0.1) is 19.8 Å². The molecular formula is C18H18N2O2S. The van der Waals surface area contributed by atoms with Crippen molar-refractivity contribution in [2.45, 2.75) is 13.8 Å². The highest BCUT2D eigenvalue weighted by molar-refractivity contribution is 8.13. The molecule has 0 spiro atoms. The quantitative estimate of drug-likeness (QED) is 0.796. The predicted octanol–water partition coefficient (Wildman–Crippen LogP) is 3.49. The smallest absolute Gasteiger partial charge is 0.261 e. The standard InChI is InChI=1S/C18H18N2O2S/c1-12-7-8-14(11-13(12)2)22-9-10-23-18-19-16-6-4-3-5-15(16)17(21)20-18/h3-8,11,15H,9-10H2,1-2H3. The molecule has 1 aromatic carbocycles. The summed E-state index contributed by atoms with van der Waals surface area (Å²) in [6.07, 6.45) is 7.43. The summed E-state index contributed by atoms with van der Waals surface area (Å²) in [7, 11) is 0. The number of thioether (sulfide) groups is 1. The Morgan fingerprint density at radius 2 is 2.04 bits per heavy atom. The summed E-state index contributed by atoms with van der Waals surface area (Å²) >= 11 is 1.44. The zero-order chi connectivity index (χ0) is 16.2. The maximum Gasteiger partial charge on any atom is 0.261 e. The van der Waals surface area contributed by atoms with Gasteiger partial charge in [0.2, 0.25) is 0 Å². The molecule has 0 radical (unpaired) electrons. The molecule has 5 heteroatoms. The Hall–Kier alpha value is -2.14. The van der Waals surface area contributed by atoms with Gasteiger partial charge in [-0.15, -0.1) is 0 Å². The molecule has 1 heterocycles. The Kier molecular flexibility index (Phi) is 4.76. The molecule has 0 bridgehead atoms. The number of aliphatic imine (C=N–C) groups is 2. The van der Waals surface area contributed by atoms with Crippen molar-refractivity contribution < 1.29 is 9.53 Å². The van der Waals surface area contributed by atoms with E-state index in [1.807, 2.05) is 36.4 Å². The second kappa shape index (κ2) is 6.96. The number of benzene rings is 1. The van der Waals surface area contributed by atoms with Gasteiger partial charge < -0.3 is 4.74 Å². The highest BCUT2D eigenvalue weighted by Crippen LogP contribution is 2.21. The highest BCUT2D eigenvalue weighted by atomic mass is 32.2. The summed E-state index contributed by atoms with van der Waals surface area (Å²) in [5.41, 5.74) is 3.24. The molecule has 0 saturated heterocycles. The largest absolute Gasteiger partial charge is 0.493 e. The van der Waals surface area contributed by atoms with E-state index in [-0.39, 0.29) is 11.8 Å². The van der Waals surface area contributed by atoms with Crippen LogP contribution < -0.4 is 4.74 Å². The Morgan fingerprint density at radius 1 is 1.17 bits per heavy atom. The van der Waals surface area contributed by atoms with Crippen LogP contribution in [0.5, 0.6) is 5.75 Å². The van der Waals surface area contributed by atoms with E-state index in [1.54, 1.807) is 0 Å². The molecule has 0 saturated carbocycles. The van der Waals surface area contributed by atoms with Gasteiger partial charge in [-0.3, -0.25) is 4.79 Å². The summed E-state index contributed by atoms with van der Waals surface area (Å²) < 4.78 is 5.73. The first-order valence-corrected chi connectivity index (χ1v) is 8.51. The van der Waals surface area contributed by atoms with E-state index in [1.165, 1.54) is 22.9 Å². The van der Waals surface area contributed by atoms with Crippen molar-refractivity contribution in [1.29, 1.82) is 0 Å². The summed E-state index contributed by atoms with van der Waals surface area (Å²) in [6.45, 7) is 4.69. The van der Waals surface area contributed by atoms with Gasteiger partial charge in [0.15, 0.2) is 5.17 Å². The van der Waals surface area contributed by atoms with Crippen molar-refractivity contribution in [1.82, 2.24) is 0 Å². The minimum absolute atomic E-state index is 0.145. The minimum atomic E-state index is -0.309. The fourth-order valence-electron chi connectivity index (χ4n) is 2.31. The zero-order valence-electron chi connectivity index (χ0n) is 13.2. The summed E-state index contributed by atoms with van der Waals surface area (Å²) in [4.78, 5) is 20.5. The number of fused-ring (bicyclic) bond motifs is 1.